The lowest BCUT2D eigenvalue weighted by atomic mass is 10.1. The van der Waals surface area contributed by atoms with E-state index in [9.17, 15) is 9.00 Å². The summed E-state index contributed by atoms with van der Waals surface area (Å²) in [5.74, 6) is 0.483. The Bertz CT molecular complexity index is 242. The van der Waals surface area contributed by atoms with Crippen molar-refractivity contribution in [3.8, 4) is 0 Å². The monoisotopic (exact) mass is 248 g/mol. The Morgan fingerprint density at radius 2 is 2.12 bits per heavy atom. The van der Waals surface area contributed by atoms with Gasteiger partial charge in [-0.3, -0.25) is 9.00 Å². The number of nitrogens with two attached hydrogens (primary N) is 1. The number of hydrogen-bond acceptors (Lipinski definition) is 4. The van der Waals surface area contributed by atoms with Crippen molar-refractivity contribution in [2.75, 3.05) is 31.3 Å². The van der Waals surface area contributed by atoms with Crippen molar-refractivity contribution in [2.45, 2.75) is 25.3 Å². The summed E-state index contributed by atoms with van der Waals surface area (Å²) >= 11 is 0. The summed E-state index contributed by atoms with van der Waals surface area (Å²) in [6.07, 6.45) is 2.40. The van der Waals surface area contributed by atoms with Crippen molar-refractivity contribution in [3.63, 3.8) is 0 Å². The lowest BCUT2D eigenvalue weighted by Crippen LogP contribution is -2.41. The van der Waals surface area contributed by atoms with Crippen LogP contribution in [0.1, 0.15) is 19.3 Å². The molecule has 1 aliphatic heterocycles. The van der Waals surface area contributed by atoms with Gasteiger partial charge in [0, 0.05) is 35.8 Å². The van der Waals surface area contributed by atoms with Gasteiger partial charge < -0.3 is 15.8 Å². The zero-order chi connectivity index (χ0) is 11.8. The minimum absolute atomic E-state index is 0.0946. The van der Waals surface area contributed by atoms with E-state index in [1.165, 1.54) is 0 Å². The van der Waals surface area contributed by atoms with E-state index < -0.39 is 10.8 Å². The van der Waals surface area contributed by atoms with Gasteiger partial charge in [0.2, 0.25) is 5.91 Å². The summed E-state index contributed by atoms with van der Waals surface area (Å²) in [6.45, 7) is 1.91. The number of nitrogens with one attached hydrogen (secondary N) is 1. The Kier molecular flexibility index (Phi) is 6.59. The number of ether oxygens (including phenoxy) is 1. The minimum Gasteiger partial charge on any atom is -0.381 e. The molecule has 0 aromatic carbocycles. The molecule has 3 N–H and O–H groups in total. The number of amides is 1. The number of rotatable bonds is 6. The molecule has 0 radical (unpaired) electrons. The van der Waals surface area contributed by atoms with Gasteiger partial charge in [0.1, 0.15) is 5.75 Å². The van der Waals surface area contributed by atoms with Gasteiger partial charge in [0.15, 0.2) is 0 Å². The topological polar surface area (TPSA) is 81.4 Å². The van der Waals surface area contributed by atoms with Gasteiger partial charge in [-0.2, -0.15) is 0 Å². The maximum absolute atomic E-state index is 11.5. The lowest BCUT2D eigenvalue weighted by Gasteiger charge is -2.22. The molecule has 1 saturated heterocycles. The van der Waals surface area contributed by atoms with Crippen LogP contribution in [0.3, 0.4) is 0 Å². The second kappa shape index (κ2) is 7.76. The van der Waals surface area contributed by atoms with Gasteiger partial charge in [-0.25, -0.2) is 0 Å². The van der Waals surface area contributed by atoms with E-state index in [1.807, 2.05) is 0 Å². The Labute approximate surface area is 98.6 Å². The predicted octanol–water partition coefficient (Wildman–Crippen LogP) is -0.621. The molecule has 0 aromatic heterocycles. The van der Waals surface area contributed by atoms with Gasteiger partial charge >= 0.3 is 0 Å². The van der Waals surface area contributed by atoms with Gasteiger partial charge in [-0.05, 0) is 25.8 Å². The lowest BCUT2D eigenvalue weighted by molar-refractivity contribution is -0.119. The average Bonchev–Trinajstić information content (AvgIpc) is 2.27. The maximum atomic E-state index is 11.5. The molecule has 0 bridgehead atoms. The fourth-order valence-electron chi connectivity index (χ4n) is 1.57. The molecule has 1 unspecified atom stereocenters. The third kappa shape index (κ3) is 5.58. The first-order valence-corrected chi connectivity index (χ1v) is 7.13. The minimum atomic E-state index is -1.08. The van der Waals surface area contributed by atoms with Crippen LogP contribution in [-0.2, 0) is 20.3 Å². The zero-order valence-corrected chi connectivity index (χ0v) is 10.3. The summed E-state index contributed by atoms with van der Waals surface area (Å²) in [4.78, 5) is 11.5. The van der Waals surface area contributed by atoms with Gasteiger partial charge in [-0.15, -0.1) is 0 Å². The van der Waals surface area contributed by atoms with Gasteiger partial charge in [-0.1, -0.05) is 0 Å². The third-order valence-electron chi connectivity index (χ3n) is 2.45. The molecule has 1 atom stereocenters. The third-order valence-corrected chi connectivity index (χ3v) is 3.78. The van der Waals surface area contributed by atoms with Crippen molar-refractivity contribution in [1.29, 1.82) is 0 Å². The second-order valence-electron chi connectivity index (χ2n) is 3.88. The molecular weight excluding hydrogens is 228 g/mol. The Morgan fingerprint density at radius 1 is 1.44 bits per heavy atom. The zero-order valence-electron chi connectivity index (χ0n) is 9.44. The van der Waals surface area contributed by atoms with Gasteiger partial charge in [0.05, 0.1) is 0 Å². The maximum Gasteiger partial charge on any atom is 0.232 e. The summed E-state index contributed by atoms with van der Waals surface area (Å²) in [5, 5.41) is 2.88. The van der Waals surface area contributed by atoms with E-state index in [0.717, 1.165) is 12.8 Å². The Morgan fingerprint density at radius 3 is 2.75 bits per heavy atom. The second-order valence-corrected chi connectivity index (χ2v) is 5.46. The molecule has 0 saturated carbocycles. The number of carbonyl (C=O) groups is 1. The molecule has 16 heavy (non-hydrogen) atoms. The van der Waals surface area contributed by atoms with Gasteiger partial charge in [0.25, 0.3) is 0 Å². The molecule has 1 fully saturated rings. The quantitative estimate of drug-likeness (QED) is 0.656. The molecule has 0 aliphatic carbocycles. The average molecular weight is 248 g/mol. The highest BCUT2D eigenvalue weighted by Crippen LogP contribution is 2.05. The molecule has 1 rings (SSSR count). The highest BCUT2D eigenvalue weighted by molar-refractivity contribution is 7.85. The molecule has 0 spiro atoms. The van der Waals surface area contributed by atoms with Crippen molar-refractivity contribution >= 4 is 16.7 Å². The summed E-state index contributed by atoms with van der Waals surface area (Å²) in [5.41, 5.74) is 5.31. The van der Waals surface area contributed by atoms with Crippen LogP contribution in [0.4, 0.5) is 0 Å². The fourth-order valence-corrected chi connectivity index (χ4v) is 2.58. The molecule has 1 heterocycles. The van der Waals surface area contributed by atoms with E-state index in [4.69, 9.17) is 10.5 Å². The van der Waals surface area contributed by atoms with Crippen LogP contribution < -0.4 is 11.1 Å². The first-order valence-electron chi connectivity index (χ1n) is 5.64. The molecule has 0 aromatic rings. The van der Waals surface area contributed by atoms with Crippen molar-refractivity contribution in [3.05, 3.63) is 0 Å². The van der Waals surface area contributed by atoms with Crippen molar-refractivity contribution in [1.82, 2.24) is 5.32 Å². The molecule has 1 aliphatic rings. The van der Waals surface area contributed by atoms with Crippen molar-refractivity contribution in [2.24, 2.45) is 5.73 Å². The number of carbonyl (C=O) groups excluding carboxylic acids is 1. The van der Waals surface area contributed by atoms with Crippen LogP contribution in [0, 0.1) is 0 Å². The molecule has 1 amide bonds. The highest BCUT2D eigenvalue weighted by Gasteiger charge is 2.17. The van der Waals surface area contributed by atoms with E-state index >= 15 is 0 Å². The standard InChI is InChI=1S/C10H20N2O3S/c11-4-1-7-16(14)8-10(13)12-9-2-5-15-6-3-9/h9H,1-8,11H2,(H,12,13). The van der Waals surface area contributed by atoms with Crippen LogP contribution >= 0.6 is 0 Å². The predicted molar refractivity (Wildman–Crippen MR) is 63.5 cm³/mol. The Hall–Kier alpha value is -0.460. The van der Waals surface area contributed by atoms with Crippen LogP contribution in [0.15, 0.2) is 0 Å². The van der Waals surface area contributed by atoms with Crippen LogP contribution in [0.25, 0.3) is 0 Å². The molecular formula is C10H20N2O3S. The van der Waals surface area contributed by atoms with E-state index in [2.05, 4.69) is 5.32 Å². The van der Waals surface area contributed by atoms with E-state index in [0.29, 0.717) is 31.9 Å². The van der Waals surface area contributed by atoms with Crippen LogP contribution in [-0.4, -0.2) is 47.4 Å². The first kappa shape index (κ1) is 13.6. The highest BCUT2D eigenvalue weighted by atomic mass is 32.2. The number of hydrogen-bond donors (Lipinski definition) is 2. The van der Waals surface area contributed by atoms with E-state index in [1.54, 1.807) is 0 Å². The van der Waals surface area contributed by atoms with E-state index in [-0.39, 0.29) is 17.7 Å². The van der Waals surface area contributed by atoms with Crippen LogP contribution in [0.5, 0.6) is 0 Å². The van der Waals surface area contributed by atoms with Crippen LogP contribution in [0.2, 0.25) is 0 Å². The fraction of sp³-hybridized carbons (Fsp3) is 0.900. The molecule has 5 nitrogen and oxygen atoms in total. The SMILES string of the molecule is NCCCS(=O)CC(=O)NC1CCOCC1. The smallest absolute Gasteiger partial charge is 0.232 e. The Balaban J connectivity index is 2.16. The summed E-state index contributed by atoms with van der Waals surface area (Å²) < 4.78 is 16.6. The summed E-state index contributed by atoms with van der Waals surface area (Å²) in [6, 6.07) is 0.188. The van der Waals surface area contributed by atoms with Crippen molar-refractivity contribution < 1.29 is 13.7 Å². The normalized spacial score (nSPS) is 19.3. The first-order chi connectivity index (χ1) is 7.72. The largest absolute Gasteiger partial charge is 0.381 e. The molecule has 94 valence electrons. The summed E-state index contributed by atoms with van der Waals surface area (Å²) in [7, 11) is -1.08. The molecule has 6 heteroatoms.